The third-order valence-electron chi connectivity index (χ3n) is 3.06. The van der Waals surface area contributed by atoms with Gasteiger partial charge in [0.15, 0.2) is 11.6 Å². The first-order chi connectivity index (χ1) is 7.74. The quantitative estimate of drug-likeness (QED) is 0.831. The summed E-state index contributed by atoms with van der Waals surface area (Å²) >= 11 is 0. The lowest BCUT2D eigenvalue weighted by molar-refractivity contribution is 0.449. The summed E-state index contributed by atoms with van der Waals surface area (Å²) in [5, 5.41) is 3.26. The summed E-state index contributed by atoms with van der Waals surface area (Å²) in [4.78, 5) is 1.95. The first kappa shape index (κ1) is 11.3. The second kappa shape index (κ2) is 4.78. The molecule has 1 saturated heterocycles. The van der Waals surface area contributed by atoms with E-state index in [1.807, 2.05) is 4.90 Å². The summed E-state index contributed by atoms with van der Waals surface area (Å²) in [6.07, 6.45) is 0.920. The molecule has 0 radical (unpaired) electrons. The molecule has 2 rings (SSSR count). The van der Waals surface area contributed by atoms with Crippen molar-refractivity contribution in [2.24, 2.45) is 0 Å². The van der Waals surface area contributed by atoms with Crippen molar-refractivity contribution in [1.29, 1.82) is 0 Å². The zero-order valence-corrected chi connectivity index (χ0v) is 9.34. The fourth-order valence-electron chi connectivity index (χ4n) is 2.16. The van der Waals surface area contributed by atoms with Crippen LogP contribution in [0.4, 0.5) is 14.5 Å². The molecule has 0 aromatic heterocycles. The molecule has 0 spiro atoms. The van der Waals surface area contributed by atoms with E-state index in [4.69, 9.17) is 0 Å². The van der Waals surface area contributed by atoms with Gasteiger partial charge in [-0.2, -0.15) is 0 Å². The maximum absolute atomic E-state index is 13.7. The summed E-state index contributed by atoms with van der Waals surface area (Å²) in [6, 6.07) is 4.60. The molecule has 88 valence electrons. The largest absolute Gasteiger partial charge is 0.364 e. The minimum atomic E-state index is -0.772. The average Bonchev–Trinajstić information content (AvgIpc) is 2.33. The lowest BCUT2D eigenvalue weighted by atomic mass is 10.1. The van der Waals surface area contributed by atoms with Crippen molar-refractivity contribution in [3.63, 3.8) is 0 Å². The van der Waals surface area contributed by atoms with Crippen LogP contribution in [0.3, 0.4) is 0 Å². The fourth-order valence-corrected chi connectivity index (χ4v) is 2.16. The molecule has 0 unspecified atom stereocenters. The summed E-state index contributed by atoms with van der Waals surface area (Å²) in [5.74, 6) is -1.51. The molecule has 1 heterocycles. The van der Waals surface area contributed by atoms with Crippen molar-refractivity contribution in [1.82, 2.24) is 5.32 Å². The average molecular weight is 226 g/mol. The highest BCUT2D eigenvalue weighted by Gasteiger charge is 2.24. The zero-order chi connectivity index (χ0) is 11.5. The first-order valence-corrected chi connectivity index (χ1v) is 5.65. The van der Waals surface area contributed by atoms with Gasteiger partial charge in [-0.3, -0.25) is 0 Å². The highest BCUT2D eigenvalue weighted by Crippen LogP contribution is 2.24. The standard InChI is InChI=1S/C12H16F2N2/c1-2-9-8-15-6-7-16(9)11-5-3-4-10(13)12(11)14/h3-5,9,15H,2,6-8H2,1H3/t9-/m0/s1. The van der Waals surface area contributed by atoms with Crippen LogP contribution in [0.25, 0.3) is 0 Å². The van der Waals surface area contributed by atoms with Gasteiger partial charge in [0.2, 0.25) is 0 Å². The van der Waals surface area contributed by atoms with Gasteiger partial charge in [0, 0.05) is 25.7 Å². The third kappa shape index (κ3) is 2.02. The Morgan fingerprint density at radius 2 is 2.25 bits per heavy atom. The molecular formula is C12H16F2N2. The number of piperazine rings is 1. The van der Waals surface area contributed by atoms with Crippen molar-refractivity contribution >= 4 is 5.69 Å². The smallest absolute Gasteiger partial charge is 0.182 e. The molecule has 0 saturated carbocycles. The molecule has 4 heteroatoms. The van der Waals surface area contributed by atoms with Gasteiger partial charge in [-0.15, -0.1) is 0 Å². The van der Waals surface area contributed by atoms with Crippen molar-refractivity contribution in [2.75, 3.05) is 24.5 Å². The lowest BCUT2D eigenvalue weighted by Crippen LogP contribution is -2.51. The molecule has 1 aromatic rings. The summed E-state index contributed by atoms with van der Waals surface area (Å²) in [6.45, 7) is 4.42. The van der Waals surface area contributed by atoms with Crippen molar-refractivity contribution in [3.8, 4) is 0 Å². The van der Waals surface area contributed by atoms with E-state index in [1.54, 1.807) is 12.1 Å². The minimum Gasteiger partial charge on any atom is -0.364 e. The Bertz CT molecular complexity index is 368. The van der Waals surface area contributed by atoms with Crippen LogP contribution in [0.2, 0.25) is 0 Å². The highest BCUT2D eigenvalue weighted by atomic mass is 19.2. The molecular weight excluding hydrogens is 210 g/mol. The van der Waals surface area contributed by atoms with Crippen LogP contribution in [-0.4, -0.2) is 25.7 Å². The number of nitrogens with zero attached hydrogens (tertiary/aromatic N) is 1. The molecule has 1 aliphatic rings. The zero-order valence-electron chi connectivity index (χ0n) is 9.34. The lowest BCUT2D eigenvalue weighted by Gasteiger charge is -2.37. The van der Waals surface area contributed by atoms with Crippen LogP contribution >= 0.6 is 0 Å². The summed E-state index contributed by atoms with van der Waals surface area (Å²) in [5.41, 5.74) is 0.383. The fraction of sp³-hybridized carbons (Fsp3) is 0.500. The molecule has 16 heavy (non-hydrogen) atoms. The normalized spacial score (nSPS) is 21.2. The van der Waals surface area contributed by atoms with E-state index in [9.17, 15) is 8.78 Å². The highest BCUT2D eigenvalue weighted by molar-refractivity contribution is 5.49. The second-order valence-corrected chi connectivity index (χ2v) is 4.03. The van der Waals surface area contributed by atoms with E-state index in [2.05, 4.69) is 12.2 Å². The molecule has 1 aromatic carbocycles. The van der Waals surface area contributed by atoms with E-state index >= 15 is 0 Å². The molecule has 0 bridgehead atoms. The number of halogens is 2. The van der Waals surface area contributed by atoms with Gasteiger partial charge in [0.1, 0.15) is 0 Å². The summed E-state index contributed by atoms with van der Waals surface area (Å²) in [7, 11) is 0. The van der Waals surface area contributed by atoms with E-state index in [0.717, 1.165) is 32.1 Å². The van der Waals surface area contributed by atoms with Crippen molar-refractivity contribution in [2.45, 2.75) is 19.4 Å². The molecule has 1 aliphatic heterocycles. The van der Waals surface area contributed by atoms with Crippen LogP contribution < -0.4 is 10.2 Å². The second-order valence-electron chi connectivity index (χ2n) is 4.03. The van der Waals surface area contributed by atoms with Crippen molar-refractivity contribution in [3.05, 3.63) is 29.8 Å². The molecule has 0 amide bonds. The first-order valence-electron chi connectivity index (χ1n) is 5.65. The van der Waals surface area contributed by atoms with Crippen LogP contribution in [0, 0.1) is 11.6 Å². The maximum Gasteiger partial charge on any atom is 0.182 e. The monoisotopic (exact) mass is 226 g/mol. The maximum atomic E-state index is 13.7. The van der Waals surface area contributed by atoms with Crippen LogP contribution in [0.5, 0.6) is 0 Å². The Morgan fingerprint density at radius 3 is 3.00 bits per heavy atom. The van der Waals surface area contributed by atoms with E-state index in [1.165, 1.54) is 0 Å². The Morgan fingerprint density at radius 1 is 1.44 bits per heavy atom. The molecule has 0 aliphatic carbocycles. The van der Waals surface area contributed by atoms with E-state index in [0.29, 0.717) is 5.69 Å². The van der Waals surface area contributed by atoms with Gasteiger partial charge in [0.05, 0.1) is 5.69 Å². The summed E-state index contributed by atoms with van der Waals surface area (Å²) < 4.78 is 26.8. The van der Waals surface area contributed by atoms with Gasteiger partial charge >= 0.3 is 0 Å². The molecule has 1 fully saturated rings. The SMILES string of the molecule is CC[C@H]1CNCCN1c1cccc(F)c1F. The van der Waals surface area contributed by atoms with Gasteiger partial charge < -0.3 is 10.2 Å². The van der Waals surface area contributed by atoms with Crippen LogP contribution in [-0.2, 0) is 0 Å². The number of benzene rings is 1. The third-order valence-corrected chi connectivity index (χ3v) is 3.06. The van der Waals surface area contributed by atoms with Crippen LogP contribution in [0.15, 0.2) is 18.2 Å². The number of rotatable bonds is 2. The predicted molar refractivity (Wildman–Crippen MR) is 60.7 cm³/mol. The Balaban J connectivity index is 2.30. The number of hydrogen-bond donors (Lipinski definition) is 1. The van der Waals surface area contributed by atoms with Gasteiger partial charge in [-0.25, -0.2) is 8.78 Å². The molecule has 1 atom stereocenters. The van der Waals surface area contributed by atoms with Gasteiger partial charge in [0.25, 0.3) is 0 Å². The van der Waals surface area contributed by atoms with Gasteiger partial charge in [-0.1, -0.05) is 13.0 Å². The Labute approximate surface area is 94.3 Å². The topological polar surface area (TPSA) is 15.3 Å². The molecule has 1 N–H and O–H groups in total. The minimum absolute atomic E-state index is 0.241. The Hall–Kier alpha value is -1.16. The molecule has 2 nitrogen and oxygen atoms in total. The Kier molecular flexibility index (Phi) is 3.39. The number of nitrogens with one attached hydrogen (secondary N) is 1. The van der Waals surface area contributed by atoms with Crippen LogP contribution in [0.1, 0.15) is 13.3 Å². The van der Waals surface area contributed by atoms with E-state index in [-0.39, 0.29) is 6.04 Å². The van der Waals surface area contributed by atoms with Crippen molar-refractivity contribution < 1.29 is 8.78 Å². The predicted octanol–water partition coefficient (Wildman–Crippen LogP) is 2.15. The number of hydrogen-bond acceptors (Lipinski definition) is 2. The van der Waals surface area contributed by atoms with E-state index < -0.39 is 11.6 Å². The van der Waals surface area contributed by atoms with Gasteiger partial charge in [-0.05, 0) is 18.6 Å². The number of anilines is 1.